The molecule has 2 rings (SSSR count). The molecule has 5 nitrogen and oxygen atoms in total. The lowest BCUT2D eigenvalue weighted by atomic mass is 10.2. The Morgan fingerprint density at radius 1 is 1.04 bits per heavy atom. The molecule has 1 heterocycles. The number of piperazine rings is 1. The van der Waals surface area contributed by atoms with Gasteiger partial charge in [0.15, 0.2) is 0 Å². The number of benzene rings is 1. The molecule has 1 aromatic rings. The van der Waals surface area contributed by atoms with Gasteiger partial charge in [0.05, 0.1) is 0 Å². The van der Waals surface area contributed by atoms with Gasteiger partial charge in [0.25, 0.3) is 0 Å². The van der Waals surface area contributed by atoms with Crippen molar-refractivity contribution in [3.8, 4) is 0 Å². The summed E-state index contributed by atoms with van der Waals surface area (Å²) >= 11 is 0. The number of carbonyl (C=O) groups excluding carboxylic acids is 1. The standard InChI is InChI=1S/C17H27FN4O.3ClH/c1-19-8-2-3-17(23)20-9-10-21-11-13-22(14-12-21)16-6-4-15(18)5-7-16;;;/h4-7,19H,2-3,8-14H2,1H3,(H,20,23);3*1H. The van der Waals surface area contributed by atoms with Crippen LogP contribution in [0.2, 0.25) is 0 Å². The molecule has 152 valence electrons. The van der Waals surface area contributed by atoms with E-state index in [-0.39, 0.29) is 48.9 Å². The van der Waals surface area contributed by atoms with E-state index in [9.17, 15) is 9.18 Å². The minimum Gasteiger partial charge on any atom is -0.369 e. The second-order valence-electron chi connectivity index (χ2n) is 5.86. The average molecular weight is 432 g/mol. The Morgan fingerprint density at radius 3 is 2.23 bits per heavy atom. The highest BCUT2D eigenvalue weighted by Crippen LogP contribution is 2.16. The van der Waals surface area contributed by atoms with E-state index in [4.69, 9.17) is 0 Å². The summed E-state index contributed by atoms with van der Waals surface area (Å²) in [6.07, 6.45) is 1.46. The van der Waals surface area contributed by atoms with Gasteiger partial charge in [-0.2, -0.15) is 0 Å². The van der Waals surface area contributed by atoms with Gasteiger partial charge in [-0.05, 0) is 44.3 Å². The molecule has 1 aliphatic heterocycles. The van der Waals surface area contributed by atoms with Gasteiger partial charge in [-0.1, -0.05) is 0 Å². The van der Waals surface area contributed by atoms with Crippen LogP contribution in [0.25, 0.3) is 0 Å². The Morgan fingerprint density at radius 2 is 1.65 bits per heavy atom. The lowest BCUT2D eigenvalue weighted by Gasteiger charge is -2.36. The molecular weight excluding hydrogens is 402 g/mol. The van der Waals surface area contributed by atoms with Crippen LogP contribution in [-0.4, -0.2) is 63.7 Å². The lowest BCUT2D eigenvalue weighted by Crippen LogP contribution is -2.48. The summed E-state index contributed by atoms with van der Waals surface area (Å²) in [5.41, 5.74) is 1.07. The highest BCUT2D eigenvalue weighted by Gasteiger charge is 2.16. The van der Waals surface area contributed by atoms with Crippen LogP contribution in [0.1, 0.15) is 12.8 Å². The minimum absolute atomic E-state index is 0. The summed E-state index contributed by atoms with van der Waals surface area (Å²) < 4.78 is 13.0. The van der Waals surface area contributed by atoms with Crippen LogP contribution in [0, 0.1) is 5.82 Å². The van der Waals surface area contributed by atoms with Crippen LogP contribution >= 0.6 is 37.2 Å². The predicted octanol–water partition coefficient (Wildman–Crippen LogP) is 2.33. The van der Waals surface area contributed by atoms with E-state index in [1.165, 1.54) is 12.1 Å². The van der Waals surface area contributed by atoms with Crippen molar-refractivity contribution in [1.29, 1.82) is 0 Å². The number of hydrogen-bond donors (Lipinski definition) is 2. The predicted molar refractivity (Wildman–Crippen MR) is 113 cm³/mol. The van der Waals surface area contributed by atoms with Gasteiger partial charge in [0.1, 0.15) is 5.82 Å². The molecule has 0 aromatic heterocycles. The van der Waals surface area contributed by atoms with Gasteiger partial charge in [-0.15, -0.1) is 37.2 Å². The van der Waals surface area contributed by atoms with Crippen LogP contribution in [-0.2, 0) is 4.79 Å². The number of hydrogen-bond acceptors (Lipinski definition) is 4. The minimum atomic E-state index is -0.196. The van der Waals surface area contributed by atoms with E-state index in [1.54, 1.807) is 0 Å². The van der Waals surface area contributed by atoms with Crippen molar-refractivity contribution in [3.63, 3.8) is 0 Å². The Balaban J connectivity index is 0. The number of carbonyl (C=O) groups is 1. The first kappa shape index (κ1) is 27.4. The first-order valence-corrected chi connectivity index (χ1v) is 8.33. The van der Waals surface area contributed by atoms with Gasteiger partial charge in [0.2, 0.25) is 5.91 Å². The fraction of sp³-hybridized carbons (Fsp3) is 0.588. The molecule has 1 aliphatic rings. The number of nitrogens with one attached hydrogen (secondary N) is 2. The highest BCUT2D eigenvalue weighted by molar-refractivity contribution is 5.86. The second-order valence-corrected chi connectivity index (χ2v) is 5.86. The van der Waals surface area contributed by atoms with Crippen LogP contribution < -0.4 is 15.5 Å². The van der Waals surface area contributed by atoms with Crippen molar-refractivity contribution in [1.82, 2.24) is 15.5 Å². The number of rotatable bonds is 8. The van der Waals surface area contributed by atoms with Crippen LogP contribution in [0.5, 0.6) is 0 Å². The lowest BCUT2D eigenvalue weighted by molar-refractivity contribution is -0.121. The normalized spacial score (nSPS) is 13.8. The fourth-order valence-corrected chi connectivity index (χ4v) is 2.75. The Bertz CT molecular complexity index is 485. The highest BCUT2D eigenvalue weighted by atomic mass is 35.5. The van der Waals surface area contributed by atoms with E-state index in [0.29, 0.717) is 13.0 Å². The molecule has 1 aromatic carbocycles. The van der Waals surface area contributed by atoms with Gasteiger partial charge in [0, 0.05) is 51.4 Å². The van der Waals surface area contributed by atoms with Gasteiger partial charge in [-0.3, -0.25) is 9.69 Å². The van der Waals surface area contributed by atoms with E-state index >= 15 is 0 Å². The molecule has 9 heteroatoms. The molecule has 0 unspecified atom stereocenters. The maximum atomic E-state index is 13.0. The third-order valence-electron chi connectivity index (χ3n) is 4.14. The molecule has 0 bridgehead atoms. The second kappa shape index (κ2) is 15.3. The summed E-state index contributed by atoms with van der Waals surface area (Å²) in [5, 5.41) is 6.01. The number of nitrogens with zero attached hydrogens (tertiary/aromatic N) is 2. The Labute approximate surface area is 174 Å². The average Bonchev–Trinajstić information content (AvgIpc) is 2.57. The van der Waals surface area contributed by atoms with Crippen molar-refractivity contribution in [2.75, 3.05) is 57.8 Å². The maximum Gasteiger partial charge on any atom is 0.220 e. The zero-order valence-corrected chi connectivity index (χ0v) is 17.5. The molecule has 2 N–H and O–H groups in total. The largest absolute Gasteiger partial charge is 0.369 e. The quantitative estimate of drug-likeness (QED) is 0.620. The summed E-state index contributed by atoms with van der Waals surface area (Å²) in [6, 6.07) is 6.67. The maximum absolute atomic E-state index is 13.0. The van der Waals surface area contributed by atoms with E-state index in [0.717, 1.165) is 51.4 Å². The smallest absolute Gasteiger partial charge is 0.220 e. The summed E-state index contributed by atoms with van der Waals surface area (Å²) in [4.78, 5) is 16.3. The third-order valence-corrected chi connectivity index (χ3v) is 4.14. The van der Waals surface area contributed by atoms with Crippen molar-refractivity contribution in [2.45, 2.75) is 12.8 Å². The molecule has 1 amide bonds. The summed E-state index contributed by atoms with van der Waals surface area (Å²) in [5.74, 6) is -0.0666. The van der Waals surface area contributed by atoms with Crippen molar-refractivity contribution in [2.24, 2.45) is 0 Å². The first-order chi connectivity index (χ1) is 11.2. The third kappa shape index (κ3) is 9.78. The summed E-state index contributed by atoms with van der Waals surface area (Å²) in [7, 11) is 1.89. The van der Waals surface area contributed by atoms with Crippen LogP contribution in [0.3, 0.4) is 0 Å². The van der Waals surface area contributed by atoms with Crippen molar-refractivity contribution in [3.05, 3.63) is 30.1 Å². The molecule has 0 saturated carbocycles. The molecule has 1 saturated heterocycles. The Kier molecular flexibility index (Phi) is 16.1. The van der Waals surface area contributed by atoms with E-state index in [1.807, 2.05) is 19.2 Å². The van der Waals surface area contributed by atoms with Gasteiger partial charge >= 0.3 is 0 Å². The van der Waals surface area contributed by atoms with E-state index < -0.39 is 0 Å². The number of anilines is 1. The SMILES string of the molecule is CNCCCC(=O)NCCN1CCN(c2ccc(F)cc2)CC1.Cl.Cl.Cl. The van der Waals surface area contributed by atoms with Gasteiger partial charge in [-0.25, -0.2) is 4.39 Å². The number of amides is 1. The molecule has 0 atom stereocenters. The molecule has 0 aliphatic carbocycles. The monoisotopic (exact) mass is 430 g/mol. The molecule has 1 fully saturated rings. The number of halogens is 4. The topological polar surface area (TPSA) is 47.6 Å². The van der Waals surface area contributed by atoms with Crippen molar-refractivity contribution < 1.29 is 9.18 Å². The molecule has 0 spiro atoms. The van der Waals surface area contributed by atoms with Gasteiger partial charge < -0.3 is 15.5 Å². The van der Waals surface area contributed by atoms with Crippen LogP contribution in [0.4, 0.5) is 10.1 Å². The summed E-state index contributed by atoms with van der Waals surface area (Å²) in [6.45, 7) is 6.26. The Hall–Kier alpha value is -0.790. The van der Waals surface area contributed by atoms with Crippen molar-refractivity contribution >= 4 is 48.8 Å². The molecule has 0 radical (unpaired) electrons. The molecular formula is C17H30Cl3FN4O. The molecule has 26 heavy (non-hydrogen) atoms. The fourth-order valence-electron chi connectivity index (χ4n) is 2.75. The van der Waals surface area contributed by atoms with Crippen LogP contribution in [0.15, 0.2) is 24.3 Å². The van der Waals surface area contributed by atoms with E-state index in [2.05, 4.69) is 20.4 Å². The first-order valence-electron chi connectivity index (χ1n) is 8.33. The zero-order valence-electron chi connectivity index (χ0n) is 15.1. The zero-order chi connectivity index (χ0) is 16.5.